The van der Waals surface area contributed by atoms with Crippen molar-refractivity contribution in [2.24, 2.45) is 4.36 Å². The van der Waals surface area contributed by atoms with Crippen LogP contribution < -0.4 is 0 Å². The standard InChI is InChI=1S/C18H26N2O5S/c1-4-15-16(13(2)11-24-15)17(22)20-7-8-25-18(12-20)5-9-26(23,10-6-18)19-14(3)21/h11H,4-10,12H2,1-3H3. The summed E-state index contributed by atoms with van der Waals surface area (Å²) in [6.07, 6.45) is 3.37. The molecule has 2 aliphatic heterocycles. The largest absolute Gasteiger partial charge is 0.468 e. The molecule has 7 nitrogen and oxygen atoms in total. The highest BCUT2D eigenvalue weighted by atomic mass is 32.2. The van der Waals surface area contributed by atoms with E-state index < -0.39 is 21.2 Å². The number of ether oxygens (including phenoxy) is 1. The van der Waals surface area contributed by atoms with Gasteiger partial charge in [0.15, 0.2) is 0 Å². The van der Waals surface area contributed by atoms with Crippen molar-refractivity contribution in [1.82, 2.24) is 4.90 Å². The molecule has 0 atom stereocenters. The van der Waals surface area contributed by atoms with Gasteiger partial charge in [0, 0.05) is 37.0 Å². The first kappa shape index (κ1) is 19.1. The molecule has 3 rings (SSSR count). The summed E-state index contributed by atoms with van der Waals surface area (Å²) in [6, 6.07) is 0. The monoisotopic (exact) mass is 382 g/mol. The normalized spacial score (nSPS) is 29.0. The maximum absolute atomic E-state index is 13.1. The lowest BCUT2D eigenvalue weighted by Crippen LogP contribution is -2.56. The zero-order chi connectivity index (χ0) is 18.9. The molecule has 3 heterocycles. The summed E-state index contributed by atoms with van der Waals surface area (Å²) in [5, 5.41) is 0. The maximum atomic E-state index is 13.1. The van der Waals surface area contributed by atoms with Crippen molar-refractivity contribution in [3.63, 3.8) is 0 Å². The van der Waals surface area contributed by atoms with Crippen LogP contribution in [0, 0.1) is 6.92 Å². The summed E-state index contributed by atoms with van der Waals surface area (Å²) in [6.45, 7) is 6.62. The number of furan rings is 1. The van der Waals surface area contributed by atoms with Gasteiger partial charge < -0.3 is 14.1 Å². The third-order valence-corrected chi connectivity index (χ3v) is 7.44. The van der Waals surface area contributed by atoms with E-state index in [2.05, 4.69) is 4.36 Å². The first-order valence-corrected chi connectivity index (χ1v) is 10.9. The molecule has 0 saturated carbocycles. The van der Waals surface area contributed by atoms with E-state index in [1.165, 1.54) is 6.92 Å². The van der Waals surface area contributed by atoms with Crippen LogP contribution >= 0.6 is 0 Å². The van der Waals surface area contributed by atoms with Crippen molar-refractivity contribution in [1.29, 1.82) is 0 Å². The number of aryl methyl sites for hydroxylation is 2. The number of nitrogens with zero attached hydrogens (tertiary/aromatic N) is 2. The molecule has 0 aromatic carbocycles. The molecule has 2 saturated heterocycles. The molecule has 144 valence electrons. The van der Waals surface area contributed by atoms with E-state index in [1.807, 2.05) is 18.7 Å². The number of hydrogen-bond donors (Lipinski definition) is 0. The molecule has 0 radical (unpaired) electrons. The molecule has 8 heteroatoms. The predicted molar refractivity (Wildman–Crippen MR) is 97.6 cm³/mol. The zero-order valence-electron chi connectivity index (χ0n) is 15.6. The van der Waals surface area contributed by atoms with Gasteiger partial charge in [-0.05, 0) is 19.8 Å². The first-order valence-electron chi connectivity index (χ1n) is 9.01. The van der Waals surface area contributed by atoms with Crippen molar-refractivity contribution >= 4 is 21.5 Å². The van der Waals surface area contributed by atoms with Crippen molar-refractivity contribution in [3.8, 4) is 0 Å². The second-order valence-corrected chi connectivity index (χ2v) is 9.66. The van der Waals surface area contributed by atoms with E-state index in [9.17, 15) is 13.8 Å². The molecular formula is C18H26N2O5S. The molecular weight excluding hydrogens is 356 g/mol. The third kappa shape index (κ3) is 3.71. The minimum Gasteiger partial charge on any atom is -0.468 e. The lowest BCUT2D eigenvalue weighted by Gasteiger charge is -2.45. The van der Waals surface area contributed by atoms with E-state index in [-0.39, 0.29) is 5.91 Å². The number of hydrogen-bond acceptors (Lipinski definition) is 5. The van der Waals surface area contributed by atoms with Gasteiger partial charge in [0.2, 0.25) is 0 Å². The quantitative estimate of drug-likeness (QED) is 0.782. The number of rotatable bonds is 2. The summed E-state index contributed by atoms with van der Waals surface area (Å²) in [5.74, 6) is 0.948. The number of carbonyl (C=O) groups excluding carboxylic acids is 2. The average molecular weight is 382 g/mol. The molecule has 1 aromatic rings. The molecule has 1 spiro atoms. The van der Waals surface area contributed by atoms with Crippen LogP contribution in [-0.4, -0.2) is 57.7 Å². The summed E-state index contributed by atoms with van der Waals surface area (Å²) >= 11 is 0. The topological polar surface area (TPSA) is 89.2 Å². The zero-order valence-corrected chi connectivity index (χ0v) is 16.4. The Morgan fingerprint density at radius 2 is 2.04 bits per heavy atom. The van der Waals surface area contributed by atoms with Gasteiger partial charge in [-0.1, -0.05) is 6.92 Å². The molecule has 0 bridgehead atoms. The van der Waals surface area contributed by atoms with E-state index in [0.717, 1.165) is 5.56 Å². The van der Waals surface area contributed by atoms with E-state index in [1.54, 1.807) is 6.26 Å². The molecule has 0 N–H and O–H groups in total. The van der Waals surface area contributed by atoms with Gasteiger partial charge >= 0.3 is 0 Å². The van der Waals surface area contributed by atoms with Crippen LogP contribution in [0.15, 0.2) is 15.0 Å². The third-order valence-electron chi connectivity index (χ3n) is 5.17. The van der Waals surface area contributed by atoms with Crippen molar-refractivity contribution in [2.45, 2.75) is 45.6 Å². The fourth-order valence-electron chi connectivity index (χ4n) is 3.77. The SMILES string of the molecule is CCc1occ(C)c1C(=O)N1CCOC2(CCS(=O)(=NC(C)=O)CC2)C1. The Labute approximate surface area is 154 Å². The lowest BCUT2D eigenvalue weighted by atomic mass is 9.93. The summed E-state index contributed by atoms with van der Waals surface area (Å²) in [4.78, 5) is 26.1. The Morgan fingerprint density at radius 1 is 1.35 bits per heavy atom. The first-order chi connectivity index (χ1) is 12.3. The highest BCUT2D eigenvalue weighted by Gasteiger charge is 2.43. The Hall–Kier alpha value is -1.67. The Balaban J connectivity index is 1.76. The molecule has 2 fully saturated rings. The van der Waals surface area contributed by atoms with Crippen LogP contribution in [0.1, 0.15) is 48.4 Å². The van der Waals surface area contributed by atoms with Crippen LogP contribution in [0.3, 0.4) is 0 Å². The summed E-state index contributed by atoms with van der Waals surface area (Å²) < 4.78 is 28.0. The van der Waals surface area contributed by atoms with Gasteiger partial charge in [-0.15, -0.1) is 0 Å². The number of carbonyl (C=O) groups is 2. The minimum atomic E-state index is -2.49. The molecule has 0 aliphatic carbocycles. The second kappa shape index (κ2) is 7.15. The highest BCUT2D eigenvalue weighted by molar-refractivity contribution is 7.93. The molecule has 26 heavy (non-hydrogen) atoms. The maximum Gasteiger partial charge on any atom is 0.257 e. The van der Waals surface area contributed by atoms with Crippen LogP contribution in [-0.2, 0) is 25.7 Å². The van der Waals surface area contributed by atoms with Gasteiger partial charge in [0.1, 0.15) is 5.76 Å². The molecule has 2 amide bonds. The van der Waals surface area contributed by atoms with Crippen LogP contribution in [0.2, 0.25) is 0 Å². The van der Waals surface area contributed by atoms with Crippen molar-refractivity contribution < 1.29 is 23.0 Å². The van der Waals surface area contributed by atoms with E-state index in [0.29, 0.717) is 61.8 Å². The van der Waals surface area contributed by atoms with Gasteiger partial charge in [0.05, 0.1) is 40.3 Å². The summed E-state index contributed by atoms with van der Waals surface area (Å²) in [5.41, 5.74) is 1.00. The van der Waals surface area contributed by atoms with Crippen molar-refractivity contribution in [3.05, 3.63) is 23.2 Å². The highest BCUT2D eigenvalue weighted by Crippen LogP contribution is 2.33. The second-order valence-electron chi connectivity index (χ2n) is 7.12. The molecule has 0 unspecified atom stereocenters. The van der Waals surface area contributed by atoms with Crippen molar-refractivity contribution in [2.75, 3.05) is 31.2 Å². The Morgan fingerprint density at radius 3 is 2.65 bits per heavy atom. The van der Waals surface area contributed by atoms with Gasteiger partial charge in [0.25, 0.3) is 11.8 Å². The number of amides is 2. The van der Waals surface area contributed by atoms with E-state index >= 15 is 0 Å². The van der Waals surface area contributed by atoms with Crippen LogP contribution in [0.5, 0.6) is 0 Å². The predicted octanol–water partition coefficient (Wildman–Crippen LogP) is 2.17. The van der Waals surface area contributed by atoms with Crippen LogP contribution in [0.25, 0.3) is 0 Å². The summed E-state index contributed by atoms with van der Waals surface area (Å²) in [7, 11) is -2.49. The van der Waals surface area contributed by atoms with Gasteiger partial charge in [-0.25, -0.2) is 4.21 Å². The molecule has 1 aromatic heterocycles. The molecule has 2 aliphatic rings. The van der Waals surface area contributed by atoms with Gasteiger partial charge in [-0.3, -0.25) is 9.59 Å². The Kier molecular flexibility index (Phi) is 5.25. The number of morpholine rings is 1. The van der Waals surface area contributed by atoms with Crippen LogP contribution in [0.4, 0.5) is 0 Å². The fourth-order valence-corrected chi connectivity index (χ4v) is 6.00. The Bertz CT molecular complexity index is 821. The minimum absolute atomic E-state index is 0.0319. The lowest BCUT2D eigenvalue weighted by molar-refractivity contribution is -0.115. The van der Waals surface area contributed by atoms with Gasteiger partial charge in [-0.2, -0.15) is 4.36 Å². The smallest absolute Gasteiger partial charge is 0.257 e. The average Bonchev–Trinajstić information content (AvgIpc) is 2.98. The van der Waals surface area contributed by atoms with E-state index in [4.69, 9.17) is 9.15 Å². The fraction of sp³-hybridized carbons (Fsp3) is 0.667.